The standard InChI is InChI=1S/C19H24F2N2O3/c1-2-8-22-9-3-6-19(18(22)25)7-10-23(13-19)17(24)12-26-16-5-4-14(20)11-15(16)21/h4-5,11H,2-3,6-10,12-13H2,1H3. The quantitative estimate of drug-likeness (QED) is 0.805. The van der Waals surface area contributed by atoms with Gasteiger partial charge in [0.2, 0.25) is 5.91 Å². The molecule has 142 valence electrons. The first kappa shape index (κ1) is 18.6. The van der Waals surface area contributed by atoms with Gasteiger partial charge in [0.05, 0.1) is 5.41 Å². The molecule has 2 amide bonds. The number of hydrogen-bond acceptors (Lipinski definition) is 3. The Morgan fingerprint density at radius 1 is 1.27 bits per heavy atom. The largest absolute Gasteiger partial charge is 0.481 e. The molecule has 1 unspecified atom stereocenters. The Hall–Kier alpha value is -2.18. The minimum Gasteiger partial charge on any atom is -0.481 e. The highest BCUT2D eigenvalue weighted by molar-refractivity contribution is 5.86. The molecule has 0 aliphatic carbocycles. The highest BCUT2D eigenvalue weighted by Crippen LogP contribution is 2.40. The average Bonchev–Trinajstić information content (AvgIpc) is 3.03. The summed E-state index contributed by atoms with van der Waals surface area (Å²) in [7, 11) is 0. The third-order valence-electron chi connectivity index (χ3n) is 5.27. The number of halogens is 2. The number of piperidine rings is 1. The predicted molar refractivity (Wildman–Crippen MR) is 91.6 cm³/mol. The minimum absolute atomic E-state index is 0.145. The topological polar surface area (TPSA) is 49.9 Å². The fraction of sp³-hybridized carbons (Fsp3) is 0.579. The van der Waals surface area contributed by atoms with Crippen molar-refractivity contribution in [1.29, 1.82) is 0 Å². The van der Waals surface area contributed by atoms with E-state index in [1.54, 1.807) is 4.90 Å². The summed E-state index contributed by atoms with van der Waals surface area (Å²) in [5.41, 5.74) is -0.482. The summed E-state index contributed by atoms with van der Waals surface area (Å²) in [6.45, 7) is 4.15. The second kappa shape index (κ2) is 7.60. The van der Waals surface area contributed by atoms with Crippen molar-refractivity contribution in [2.24, 2.45) is 5.41 Å². The van der Waals surface area contributed by atoms with Crippen LogP contribution < -0.4 is 4.74 Å². The molecule has 5 nitrogen and oxygen atoms in total. The molecule has 2 heterocycles. The lowest BCUT2D eigenvalue weighted by Gasteiger charge is -2.39. The summed E-state index contributed by atoms with van der Waals surface area (Å²) < 4.78 is 31.7. The van der Waals surface area contributed by atoms with E-state index in [2.05, 4.69) is 0 Å². The van der Waals surface area contributed by atoms with Crippen LogP contribution in [0, 0.1) is 17.0 Å². The van der Waals surface area contributed by atoms with Crippen LogP contribution in [0.15, 0.2) is 18.2 Å². The zero-order chi connectivity index (χ0) is 18.7. The molecule has 1 aromatic carbocycles. The van der Waals surface area contributed by atoms with Crippen molar-refractivity contribution in [3.63, 3.8) is 0 Å². The van der Waals surface area contributed by atoms with E-state index in [1.807, 2.05) is 11.8 Å². The molecule has 1 spiro atoms. The first-order valence-electron chi connectivity index (χ1n) is 9.10. The first-order chi connectivity index (χ1) is 12.4. The van der Waals surface area contributed by atoms with Crippen LogP contribution in [0.1, 0.15) is 32.6 Å². The van der Waals surface area contributed by atoms with E-state index in [-0.39, 0.29) is 24.2 Å². The lowest BCUT2D eigenvalue weighted by molar-refractivity contribution is -0.146. The van der Waals surface area contributed by atoms with Crippen molar-refractivity contribution in [3.05, 3.63) is 29.8 Å². The monoisotopic (exact) mass is 366 g/mol. The molecule has 0 radical (unpaired) electrons. The zero-order valence-electron chi connectivity index (χ0n) is 15.0. The van der Waals surface area contributed by atoms with E-state index in [0.29, 0.717) is 25.6 Å². The van der Waals surface area contributed by atoms with Crippen LogP contribution in [0.4, 0.5) is 8.78 Å². The van der Waals surface area contributed by atoms with Crippen LogP contribution in [0.25, 0.3) is 0 Å². The van der Waals surface area contributed by atoms with Gasteiger partial charge in [0.25, 0.3) is 5.91 Å². The van der Waals surface area contributed by atoms with Gasteiger partial charge in [-0.2, -0.15) is 0 Å². The second-order valence-electron chi connectivity index (χ2n) is 7.10. The average molecular weight is 366 g/mol. The molecular formula is C19H24F2N2O3. The second-order valence-corrected chi connectivity index (χ2v) is 7.10. The number of nitrogens with zero attached hydrogens (tertiary/aromatic N) is 2. The number of amides is 2. The van der Waals surface area contributed by atoms with Crippen molar-refractivity contribution in [1.82, 2.24) is 9.80 Å². The molecule has 26 heavy (non-hydrogen) atoms. The highest BCUT2D eigenvalue weighted by Gasteiger charge is 2.49. The van der Waals surface area contributed by atoms with Crippen molar-refractivity contribution in [3.8, 4) is 5.75 Å². The summed E-state index contributed by atoms with van der Waals surface area (Å²) in [6, 6.07) is 2.96. The summed E-state index contributed by atoms with van der Waals surface area (Å²) in [6.07, 6.45) is 3.32. The third-order valence-corrected chi connectivity index (χ3v) is 5.27. The molecule has 2 fully saturated rings. The number of rotatable bonds is 5. The summed E-state index contributed by atoms with van der Waals surface area (Å²) in [5.74, 6) is -1.84. The Morgan fingerprint density at radius 3 is 2.81 bits per heavy atom. The van der Waals surface area contributed by atoms with Gasteiger partial charge < -0.3 is 14.5 Å². The number of ether oxygens (including phenoxy) is 1. The summed E-state index contributed by atoms with van der Waals surface area (Å²) in [4.78, 5) is 28.8. The van der Waals surface area contributed by atoms with Crippen LogP contribution in [0.3, 0.4) is 0 Å². The van der Waals surface area contributed by atoms with Gasteiger partial charge in [0.1, 0.15) is 5.82 Å². The Kier molecular flexibility index (Phi) is 5.44. The molecule has 7 heteroatoms. The molecule has 2 aliphatic heterocycles. The van der Waals surface area contributed by atoms with E-state index in [1.165, 1.54) is 0 Å². The van der Waals surface area contributed by atoms with Crippen LogP contribution in [-0.4, -0.2) is 54.4 Å². The molecule has 1 atom stereocenters. The molecule has 0 bridgehead atoms. The molecule has 0 saturated carbocycles. The van der Waals surface area contributed by atoms with Gasteiger partial charge in [-0.3, -0.25) is 9.59 Å². The van der Waals surface area contributed by atoms with E-state index >= 15 is 0 Å². The number of benzene rings is 1. The maximum Gasteiger partial charge on any atom is 0.260 e. The zero-order valence-corrected chi connectivity index (χ0v) is 15.0. The van der Waals surface area contributed by atoms with Gasteiger partial charge in [0, 0.05) is 32.2 Å². The van der Waals surface area contributed by atoms with Gasteiger partial charge in [-0.25, -0.2) is 8.78 Å². The van der Waals surface area contributed by atoms with Crippen molar-refractivity contribution >= 4 is 11.8 Å². The van der Waals surface area contributed by atoms with Gasteiger partial charge in [-0.05, 0) is 37.8 Å². The maximum absolute atomic E-state index is 13.6. The Balaban J connectivity index is 1.59. The van der Waals surface area contributed by atoms with Crippen LogP contribution in [-0.2, 0) is 9.59 Å². The Bertz CT molecular complexity index is 695. The molecule has 2 saturated heterocycles. The predicted octanol–water partition coefficient (Wildman–Crippen LogP) is 2.59. The maximum atomic E-state index is 13.6. The fourth-order valence-electron chi connectivity index (χ4n) is 3.92. The molecular weight excluding hydrogens is 342 g/mol. The minimum atomic E-state index is -0.839. The Morgan fingerprint density at radius 2 is 2.08 bits per heavy atom. The van der Waals surface area contributed by atoms with Crippen molar-refractivity contribution in [2.45, 2.75) is 32.6 Å². The van der Waals surface area contributed by atoms with Gasteiger partial charge in [-0.15, -0.1) is 0 Å². The Labute approximate surface area is 151 Å². The number of hydrogen-bond donors (Lipinski definition) is 0. The molecule has 1 aromatic rings. The van der Waals surface area contributed by atoms with Crippen LogP contribution in [0.5, 0.6) is 5.75 Å². The fourth-order valence-corrected chi connectivity index (χ4v) is 3.92. The lowest BCUT2D eigenvalue weighted by Crippen LogP contribution is -2.50. The molecule has 2 aliphatic rings. The van der Waals surface area contributed by atoms with Gasteiger partial charge in [0.15, 0.2) is 18.2 Å². The van der Waals surface area contributed by atoms with Gasteiger partial charge >= 0.3 is 0 Å². The summed E-state index contributed by atoms with van der Waals surface area (Å²) >= 11 is 0. The van der Waals surface area contributed by atoms with E-state index in [0.717, 1.165) is 44.5 Å². The number of likely N-dealkylation sites (tertiary alicyclic amines) is 2. The number of carbonyl (C=O) groups is 2. The smallest absolute Gasteiger partial charge is 0.260 e. The van der Waals surface area contributed by atoms with Crippen molar-refractivity contribution in [2.75, 3.05) is 32.8 Å². The van der Waals surface area contributed by atoms with Gasteiger partial charge in [-0.1, -0.05) is 6.92 Å². The number of carbonyl (C=O) groups excluding carboxylic acids is 2. The third kappa shape index (κ3) is 3.66. The van der Waals surface area contributed by atoms with Crippen LogP contribution in [0.2, 0.25) is 0 Å². The molecule has 3 rings (SSSR count). The highest BCUT2D eigenvalue weighted by atomic mass is 19.1. The SMILES string of the molecule is CCCN1CCCC2(CCN(C(=O)COc3ccc(F)cc3F)C2)C1=O. The molecule has 0 aromatic heterocycles. The van der Waals surface area contributed by atoms with Crippen molar-refractivity contribution < 1.29 is 23.1 Å². The van der Waals surface area contributed by atoms with Crippen LogP contribution >= 0.6 is 0 Å². The lowest BCUT2D eigenvalue weighted by atomic mass is 9.78. The van der Waals surface area contributed by atoms with E-state index in [4.69, 9.17) is 4.74 Å². The van der Waals surface area contributed by atoms with E-state index < -0.39 is 17.0 Å². The first-order valence-corrected chi connectivity index (χ1v) is 9.10. The van der Waals surface area contributed by atoms with E-state index in [9.17, 15) is 18.4 Å². The summed E-state index contributed by atoms with van der Waals surface area (Å²) in [5, 5.41) is 0. The molecule has 0 N–H and O–H groups in total. The normalized spacial score (nSPS) is 23.0.